The average Bonchev–Trinajstić information content (AvgIpc) is 2.83. The Labute approximate surface area is 151 Å². The largest absolute Gasteiger partial charge is 0.352 e. The molecule has 2 N–H and O–H groups in total. The number of nitrogens with one attached hydrogen (secondary N) is 2. The molecule has 0 aliphatic carbocycles. The van der Waals surface area contributed by atoms with Gasteiger partial charge < -0.3 is 10.6 Å². The van der Waals surface area contributed by atoms with Crippen LogP contribution in [0.1, 0.15) is 35.7 Å². The smallest absolute Gasteiger partial charge is 0.325 e. The van der Waals surface area contributed by atoms with E-state index in [9.17, 15) is 22.8 Å². The number of benzene rings is 1. The normalized spacial score (nSPS) is 20.9. The molecule has 0 saturated carbocycles. The molecule has 0 atom stereocenters. The van der Waals surface area contributed by atoms with Gasteiger partial charge in [-0.3, -0.25) is 14.5 Å². The molecule has 1 aromatic rings. The third kappa shape index (κ3) is 3.44. The van der Waals surface area contributed by atoms with Crippen molar-refractivity contribution in [2.24, 2.45) is 0 Å². The van der Waals surface area contributed by atoms with E-state index < -0.39 is 21.4 Å². The van der Waals surface area contributed by atoms with Crippen molar-refractivity contribution in [3.63, 3.8) is 0 Å². The first-order valence-corrected chi connectivity index (χ1v) is 10.3. The van der Waals surface area contributed by atoms with Crippen molar-refractivity contribution in [2.75, 3.05) is 18.1 Å². The molecule has 1 aromatic carbocycles. The van der Waals surface area contributed by atoms with Crippen LogP contribution in [0.25, 0.3) is 0 Å². The summed E-state index contributed by atoms with van der Waals surface area (Å²) in [7, 11) is -3.14. The molecule has 2 aliphatic heterocycles. The Bertz CT molecular complexity index is 834. The lowest BCUT2D eigenvalue weighted by Crippen LogP contribution is -2.52. The number of urea groups is 1. The Hall–Kier alpha value is -2.42. The van der Waals surface area contributed by atoms with Gasteiger partial charge in [0.25, 0.3) is 11.8 Å². The Kier molecular flexibility index (Phi) is 4.74. The van der Waals surface area contributed by atoms with Gasteiger partial charge in [-0.15, -0.1) is 0 Å². The standard InChI is InChI=1S/C17H21N3O5S/c1-2-18-14(21)13-5-3-12(4-6-13)11-20-15(22)17(19-16(20)23)7-9-26(24,25)10-8-17/h3-6H,2,7-11H2,1H3,(H,18,21)(H,19,23). The molecule has 0 unspecified atom stereocenters. The predicted molar refractivity (Wildman–Crippen MR) is 94.1 cm³/mol. The quantitative estimate of drug-likeness (QED) is 0.737. The number of rotatable bonds is 4. The van der Waals surface area contributed by atoms with Crippen LogP contribution < -0.4 is 10.6 Å². The lowest BCUT2D eigenvalue weighted by molar-refractivity contribution is -0.132. The van der Waals surface area contributed by atoms with Gasteiger partial charge >= 0.3 is 6.03 Å². The second kappa shape index (κ2) is 6.71. The van der Waals surface area contributed by atoms with Gasteiger partial charge in [-0.05, 0) is 37.5 Å². The number of nitrogens with zero attached hydrogens (tertiary/aromatic N) is 1. The highest BCUT2D eigenvalue weighted by molar-refractivity contribution is 7.91. The number of hydrogen-bond donors (Lipinski definition) is 2. The van der Waals surface area contributed by atoms with Gasteiger partial charge in [-0.25, -0.2) is 13.2 Å². The van der Waals surface area contributed by atoms with Gasteiger partial charge in [-0.1, -0.05) is 12.1 Å². The fraction of sp³-hybridized carbons (Fsp3) is 0.471. The van der Waals surface area contributed by atoms with Crippen LogP contribution in [0.2, 0.25) is 0 Å². The van der Waals surface area contributed by atoms with Gasteiger partial charge in [0, 0.05) is 12.1 Å². The SMILES string of the molecule is CCNC(=O)c1ccc(CN2C(=O)NC3(CCS(=O)(=O)CC3)C2=O)cc1. The van der Waals surface area contributed by atoms with Crippen molar-refractivity contribution in [1.82, 2.24) is 15.5 Å². The molecule has 140 valence electrons. The third-order valence-electron chi connectivity index (χ3n) is 4.82. The number of carbonyl (C=O) groups excluding carboxylic acids is 3. The van der Waals surface area contributed by atoms with Gasteiger partial charge in [-0.2, -0.15) is 0 Å². The lowest BCUT2D eigenvalue weighted by atomic mass is 9.92. The van der Waals surface area contributed by atoms with E-state index in [1.807, 2.05) is 6.92 Å². The number of hydrogen-bond acceptors (Lipinski definition) is 5. The maximum absolute atomic E-state index is 12.8. The highest BCUT2D eigenvalue weighted by atomic mass is 32.2. The van der Waals surface area contributed by atoms with Crippen LogP contribution in [0.3, 0.4) is 0 Å². The molecule has 0 aromatic heterocycles. The van der Waals surface area contributed by atoms with Crippen molar-refractivity contribution in [1.29, 1.82) is 0 Å². The molecule has 26 heavy (non-hydrogen) atoms. The first-order chi connectivity index (χ1) is 12.3. The Morgan fingerprint density at radius 3 is 2.38 bits per heavy atom. The molecule has 8 nitrogen and oxygen atoms in total. The molecule has 4 amide bonds. The summed E-state index contributed by atoms with van der Waals surface area (Å²) < 4.78 is 23.2. The Balaban J connectivity index is 1.71. The van der Waals surface area contributed by atoms with E-state index in [2.05, 4.69) is 10.6 Å². The third-order valence-corrected chi connectivity index (χ3v) is 6.47. The summed E-state index contributed by atoms with van der Waals surface area (Å²) in [6.45, 7) is 2.44. The summed E-state index contributed by atoms with van der Waals surface area (Å²) in [4.78, 5) is 37.9. The topological polar surface area (TPSA) is 113 Å². The summed E-state index contributed by atoms with van der Waals surface area (Å²) >= 11 is 0. The zero-order valence-electron chi connectivity index (χ0n) is 14.4. The van der Waals surface area contributed by atoms with Crippen LogP contribution in [0.4, 0.5) is 4.79 Å². The molecule has 9 heteroatoms. The second-order valence-corrected chi connectivity index (χ2v) is 8.92. The van der Waals surface area contributed by atoms with Gasteiger partial charge in [0.05, 0.1) is 18.1 Å². The Morgan fingerprint density at radius 2 is 1.81 bits per heavy atom. The van der Waals surface area contributed by atoms with Gasteiger partial charge in [0.15, 0.2) is 9.84 Å². The zero-order valence-corrected chi connectivity index (χ0v) is 15.3. The van der Waals surface area contributed by atoms with E-state index in [1.54, 1.807) is 24.3 Å². The van der Waals surface area contributed by atoms with Crippen LogP contribution in [0, 0.1) is 0 Å². The molecule has 1 spiro atoms. The predicted octanol–water partition coefficient (Wildman–Crippen LogP) is 0.435. The monoisotopic (exact) mass is 379 g/mol. The number of imide groups is 1. The summed E-state index contributed by atoms with van der Waals surface area (Å²) in [6.07, 6.45) is 0.207. The average molecular weight is 379 g/mol. The molecular weight excluding hydrogens is 358 g/mol. The molecule has 0 radical (unpaired) electrons. The maximum atomic E-state index is 12.8. The summed E-state index contributed by atoms with van der Waals surface area (Å²) in [6, 6.07) is 6.16. The minimum Gasteiger partial charge on any atom is -0.352 e. The Morgan fingerprint density at radius 1 is 1.19 bits per heavy atom. The lowest BCUT2D eigenvalue weighted by Gasteiger charge is -2.30. The summed E-state index contributed by atoms with van der Waals surface area (Å²) in [5.74, 6) is -0.774. The van der Waals surface area contributed by atoms with Crippen LogP contribution in [0.5, 0.6) is 0 Å². The van der Waals surface area contributed by atoms with Crippen molar-refractivity contribution in [2.45, 2.75) is 31.8 Å². The number of amides is 4. The molecule has 2 heterocycles. The molecule has 2 saturated heterocycles. The minimum atomic E-state index is -3.14. The van der Waals surface area contributed by atoms with Crippen LogP contribution in [0.15, 0.2) is 24.3 Å². The summed E-state index contributed by atoms with van der Waals surface area (Å²) in [5.41, 5.74) is 0.104. The van der Waals surface area contributed by atoms with Gasteiger partial charge in [0.2, 0.25) is 0 Å². The highest BCUT2D eigenvalue weighted by Gasteiger charge is 2.53. The van der Waals surface area contributed by atoms with Crippen molar-refractivity contribution >= 4 is 27.7 Å². The fourth-order valence-corrected chi connectivity index (χ4v) is 4.77. The minimum absolute atomic E-state index is 0.0782. The van der Waals surface area contributed by atoms with E-state index in [0.717, 1.165) is 4.90 Å². The van der Waals surface area contributed by atoms with E-state index in [-0.39, 0.29) is 42.7 Å². The van der Waals surface area contributed by atoms with Crippen LogP contribution >= 0.6 is 0 Å². The summed E-state index contributed by atoms with van der Waals surface area (Å²) in [5, 5.41) is 5.38. The first-order valence-electron chi connectivity index (χ1n) is 8.48. The van der Waals surface area contributed by atoms with Crippen LogP contribution in [-0.2, 0) is 21.2 Å². The highest BCUT2D eigenvalue weighted by Crippen LogP contribution is 2.31. The fourth-order valence-electron chi connectivity index (χ4n) is 3.25. The van der Waals surface area contributed by atoms with E-state index >= 15 is 0 Å². The molecule has 3 rings (SSSR count). The van der Waals surface area contributed by atoms with Gasteiger partial charge in [0.1, 0.15) is 5.54 Å². The molecule has 2 aliphatic rings. The second-order valence-electron chi connectivity index (χ2n) is 6.61. The van der Waals surface area contributed by atoms with E-state index in [4.69, 9.17) is 0 Å². The maximum Gasteiger partial charge on any atom is 0.325 e. The van der Waals surface area contributed by atoms with Crippen molar-refractivity contribution in [3.8, 4) is 0 Å². The number of carbonyl (C=O) groups is 3. The van der Waals surface area contributed by atoms with E-state index in [1.165, 1.54) is 0 Å². The van der Waals surface area contributed by atoms with Crippen molar-refractivity contribution in [3.05, 3.63) is 35.4 Å². The van der Waals surface area contributed by atoms with Crippen molar-refractivity contribution < 1.29 is 22.8 Å². The molecule has 0 bridgehead atoms. The molecular formula is C17H21N3O5S. The van der Waals surface area contributed by atoms with E-state index in [0.29, 0.717) is 17.7 Å². The first kappa shape index (κ1) is 18.4. The molecule has 2 fully saturated rings. The van der Waals surface area contributed by atoms with Crippen LogP contribution in [-0.4, -0.2) is 54.8 Å². The number of sulfone groups is 1. The zero-order chi connectivity index (χ0) is 18.9.